The average molecular weight is 170 g/mol. The Kier molecular flexibility index (Phi) is 4.76. The lowest BCUT2D eigenvalue weighted by Gasteiger charge is -2.09. The van der Waals surface area contributed by atoms with Gasteiger partial charge in [0, 0.05) is 7.05 Å². The molecule has 0 aromatic heterocycles. The van der Waals surface area contributed by atoms with Gasteiger partial charge in [-0.3, -0.25) is 9.59 Å². The molecule has 0 heterocycles. The molecule has 2 amide bonds. The van der Waals surface area contributed by atoms with Crippen LogP contribution in [0.4, 0.5) is 0 Å². The second-order valence-corrected chi connectivity index (χ2v) is 2.34. The molecule has 1 atom stereocenters. The van der Waals surface area contributed by atoms with Crippen molar-refractivity contribution in [3.8, 4) is 0 Å². The molecule has 0 radical (unpaired) electrons. The molecular formula is C8H14N2O2. The molecule has 0 saturated carbocycles. The Bertz CT molecular complexity index is 199. The largest absolute Gasteiger partial charge is 0.357 e. The molecule has 4 nitrogen and oxygen atoms in total. The minimum absolute atomic E-state index is 0.201. The zero-order valence-corrected chi connectivity index (χ0v) is 7.55. The number of nitrogens with one attached hydrogen (secondary N) is 2. The third kappa shape index (κ3) is 3.75. The molecule has 0 aliphatic heterocycles. The summed E-state index contributed by atoms with van der Waals surface area (Å²) in [6.07, 6.45) is 2.99. The predicted octanol–water partition coefficient (Wildman–Crippen LogP) is -0.187. The number of amides is 2. The number of carbonyl (C=O) groups excluding carboxylic acids is 2. The number of carbonyl (C=O) groups is 2. The van der Waals surface area contributed by atoms with E-state index in [2.05, 4.69) is 10.6 Å². The van der Waals surface area contributed by atoms with Crippen LogP contribution in [0.5, 0.6) is 0 Å². The van der Waals surface area contributed by atoms with Gasteiger partial charge in [0.05, 0.1) is 0 Å². The van der Waals surface area contributed by atoms with E-state index in [0.29, 0.717) is 0 Å². The first-order chi connectivity index (χ1) is 5.61. The molecule has 0 rings (SSSR count). The molecule has 0 aromatic carbocycles. The van der Waals surface area contributed by atoms with Crippen LogP contribution in [-0.2, 0) is 9.59 Å². The molecule has 2 N–H and O–H groups in total. The fraction of sp³-hybridized carbons (Fsp3) is 0.500. The monoisotopic (exact) mass is 170 g/mol. The van der Waals surface area contributed by atoms with E-state index >= 15 is 0 Å². The van der Waals surface area contributed by atoms with Crippen LogP contribution >= 0.6 is 0 Å². The highest BCUT2D eigenvalue weighted by Gasteiger charge is 2.11. The number of hydrogen-bond acceptors (Lipinski definition) is 2. The highest BCUT2D eigenvalue weighted by atomic mass is 16.2. The van der Waals surface area contributed by atoms with Crippen LogP contribution in [0.25, 0.3) is 0 Å². The SMILES string of the molecule is C/C=C/C(=O)N[C@H](C)C(=O)NC. The quantitative estimate of drug-likeness (QED) is 0.577. The Hall–Kier alpha value is -1.32. The zero-order chi connectivity index (χ0) is 9.56. The summed E-state index contributed by atoms with van der Waals surface area (Å²) < 4.78 is 0. The van der Waals surface area contributed by atoms with Crippen molar-refractivity contribution < 1.29 is 9.59 Å². The Morgan fingerprint density at radius 2 is 2.00 bits per heavy atom. The van der Waals surface area contributed by atoms with Gasteiger partial charge >= 0.3 is 0 Å². The lowest BCUT2D eigenvalue weighted by atomic mass is 10.3. The Morgan fingerprint density at radius 3 is 2.42 bits per heavy atom. The second kappa shape index (κ2) is 5.35. The molecular weight excluding hydrogens is 156 g/mol. The molecule has 68 valence electrons. The van der Waals surface area contributed by atoms with Gasteiger partial charge in [0.1, 0.15) is 6.04 Å². The summed E-state index contributed by atoms with van der Waals surface area (Å²) in [5.74, 6) is -0.457. The van der Waals surface area contributed by atoms with Crippen molar-refractivity contribution in [1.29, 1.82) is 0 Å². The number of rotatable bonds is 3. The molecule has 4 heteroatoms. The number of hydrogen-bond donors (Lipinski definition) is 2. The molecule has 0 spiro atoms. The first-order valence-corrected chi connectivity index (χ1v) is 3.76. The lowest BCUT2D eigenvalue weighted by Crippen LogP contribution is -2.42. The van der Waals surface area contributed by atoms with E-state index < -0.39 is 6.04 Å². The first-order valence-electron chi connectivity index (χ1n) is 3.76. The second-order valence-electron chi connectivity index (χ2n) is 2.34. The number of allylic oxidation sites excluding steroid dienone is 1. The van der Waals surface area contributed by atoms with E-state index in [9.17, 15) is 9.59 Å². The smallest absolute Gasteiger partial charge is 0.244 e. The van der Waals surface area contributed by atoms with Gasteiger partial charge in [-0.2, -0.15) is 0 Å². The summed E-state index contributed by atoms with van der Waals surface area (Å²) >= 11 is 0. The highest BCUT2D eigenvalue weighted by molar-refractivity contribution is 5.92. The van der Waals surface area contributed by atoms with Gasteiger partial charge in [-0.15, -0.1) is 0 Å². The molecule has 0 saturated heterocycles. The molecule has 0 aliphatic carbocycles. The minimum atomic E-state index is -0.487. The van der Waals surface area contributed by atoms with Crippen molar-refractivity contribution in [1.82, 2.24) is 10.6 Å². The third-order valence-electron chi connectivity index (χ3n) is 1.32. The Morgan fingerprint density at radius 1 is 1.42 bits per heavy atom. The molecule has 12 heavy (non-hydrogen) atoms. The maximum absolute atomic E-state index is 10.9. The summed E-state index contributed by atoms with van der Waals surface area (Å²) in [6.45, 7) is 3.37. The van der Waals surface area contributed by atoms with Crippen LogP contribution in [0.1, 0.15) is 13.8 Å². The summed E-state index contributed by atoms with van der Waals surface area (Å²) in [4.78, 5) is 21.8. The summed E-state index contributed by atoms with van der Waals surface area (Å²) in [7, 11) is 1.53. The molecule has 0 bridgehead atoms. The van der Waals surface area contributed by atoms with Crippen LogP contribution in [0.15, 0.2) is 12.2 Å². The van der Waals surface area contributed by atoms with Crippen LogP contribution in [0.2, 0.25) is 0 Å². The molecule has 0 aromatic rings. The minimum Gasteiger partial charge on any atom is -0.357 e. The van der Waals surface area contributed by atoms with Gasteiger partial charge in [0.25, 0.3) is 0 Å². The Balaban J connectivity index is 3.92. The summed E-state index contributed by atoms with van der Waals surface area (Å²) in [5, 5.41) is 4.93. The van der Waals surface area contributed by atoms with Crippen molar-refractivity contribution in [2.45, 2.75) is 19.9 Å². The van der Waals surface area contributed by atoms with E-state index in [4.69, 9.17) is 0 Å². The van der Waals surface area contributed by atoms with E-state index in [1.54, 1.807) is 19.9 Å². The molecule has 0 fully saturated rings. The van der Waals surface area contributed by atoms with Gasteiger partial charge < -0.3 is 10.6 Å². The van der Waals surface area contributed by atoms with E-state index in [0.717, 1.165) is 0 Å². The van der Waals surface area contributed by atoms with Crippen LogP contribution < -0.4 is 10.6 Å². The lowest BCUT2D eigenvalue weighted by molar-refractivity contribution is -0.126. The predicted molar refractivity (Wildman–Crippen MR) is 46.5 cm³/mol. The first kappa shape index (κ1) is 10.7. The van der Waals surface area contributed by atoms with Crippen molar-refractivity contribution in [2.24, 2.45) is 0 Å². The van der Waals surface area contributed by atoms with Gasteiger partial charge in [-0.1, -0.05) is 6.08 Å². The van der Waals surface area contributed by atoms with Crippen molar-refractivity contribution in [2.75, 3.05) is 7.05 Å². The Labute approximate surface area is 72.0 Å². The van der Waals surface area contributed by atoms with Crippen molar-refractivity contribution in [3.63, 3.8) is 0 Å². The van der Waals surface area contributed by atoms with Crippen molar-refractivity contribution in [3.05, 3.63) is 12.2 Å². The highest BCUT2D eigenvalue weighted by Crippen LogP contribution is 1.82. The van der Waals surface area contributed by atoms with Gasteiger partial charge in [0.2, 0.25) is 11.8 Å². The van der Waals surface area contributed by atoms with Crippen molar-refractivity contribution >= 4 is 11.8 Å². The summed E-state index contributed by atoms with van der Waals surface area (Å²) in [5.41, 5.74) is 0. The third-order valence-corrected chi connectivity index (χ3v) is 1.32. The number of likely N-dealkylation sites (N-methyl/N-ethyl adjacent to an activating group) is 1. The fourth-order valence-electron chi connectivity index (χ4n) is 0.695. The van der Waals surface area contributed by atoms with E-state index in [-0.39, 0.29) is 11.8 Å². The maximum Gasteiger partial charge on any atom is 0.244 e. The topological polar surface area (TPSA) is 58.2 Å². The normalized spacial score (nSPS) is 12.6. The molecule has 0 unspecified atom stereocenters. The van der Waals surface area contributed by atoms with Crippen LogP contribution in [-0.4, -0.2) is 24.9 Å². The van der Waals surface area contributed by atoms with E-state index in [1.807, 2.05) is 0 Å². The molecule has 0 aliphatic rings. The fourth-order valence-corrected chi connectivity index (χ4v) is 0.695. The van der Waals surface area contributed by atoms with E-state index in [1.165, 1.54) is 13.1 Å². The summed E-state index contributed by atoms with van der Waals surface area (Å²) in [6, 6.07) is -0.487. The standard InChI is InChI=1S/C8H14N2O2/c1-4-5-7(11)10-6(2)8(12)9-3/h4-6H,1-3H3,(H,9,12)(H,10,11)/b5-4+/t6-/m1/s1. The van der Waals surface area contributed by atoms with Gasteiger partial charge in [-0.05, 0) is 19.9 Å². The van der Waals surface area contributed by atoms with Gasteiger partial charge in [-0.25, -0.2) is 0 Å². The average Bonchev–Trinajstić information content (AvgIpc) is 2.03. The van der Waals surface area contributed by atoms with Gasteiger partial charge in [0.15, 0.2) is 0 Å². The maximum atomic E-state index is 10.9. The zero-order valence-electron chi connectivity index (χ0n) is 7.55. The van der Waals surface area contributed by atoms with Crippen LogP contribution in [0.3, 0.4) is 0 Å². The van der Waals surface area contributed by atoms with Crippen LogP contribution in [0, 0.1) is 0 Å².